The Hall–Kier alpha value is -0.950. The highest BCUT2D eigenvalue weighted by molar-refractivity contribution is 6.42. The molecule has 0 aliphatic heterocycles. The van der Waals surface area contributed by atoms with Gasteiger partial charge in [0.25, 0.3) is 0 Å². The Labute approximate surface area is 98.3 Å². The lowest BCUT2D eigenvalue weighted by Gasteiger charge is -2.17. The van der Waals surface area contributed by atoms with Crippen molar-refractivity contribution in [2.24, 2.45) is 5.73 Å². The molecule has 5 heteroatoms. The highest BCUT2D eigenvalue weighted by Crippen LogP contribution is 2.31. The fourth-order valence-corrected chi connectivity index (χ4v) is 1.20. The van der Waals surface area contributed by atoms with Crippen LogP contribution >= 0.6 is 23.2 Å². The normalized spacial score (nSPS) is 14.1. The lowest BCUT2D eigenvalue weighted by Crippen LogP contribution is -2.40. The fourth-order valence-electron chi connectivity index (χ4n) is 0.855. The molecule has 0 aromatic heterocycles. The van der Waals surface area contributed by atoms with E-state index < -0.39 is 5.54 Å². The van der Waals surface area contributed by atoms with E-state index in [1.165, 1.54) is 0 Å². The maximum absolute atomic E-state index is 8.68. The van der Waals surface area contributed by atoms with E-state index in [1.807, 2.05) is 6.07 Å². The monoisotopic (exact) mass is 244 g/mol. The molecule has 0 amide bonds. The molecule has 1 unspecified atom stereocenters. The molecule has 1 rings (SSSR count). The molecule has 0 fully saturated rings. The van der Waals surface area contributed by atoms with Crippen molar-refractivity contribution in [1.82, 2.24) is 0 Å². The number of nitrogens with two attached hydrogens (primary N) is 1. The summed E-state index contributed by atoms with van der Waals surface area (Å²) in [6, 6.07) is 6.96. The molecule has 0 bridgehead atoms. The average molecular weight is 245 g/mol. The van der Waals surface area contributed by atoms with E-state index in [-0.39, 0.29) is 6.61 Å². The van der Waals surface area contributed by atoms with Gasteiger partial charge in [0.2, 0.25) is 0 Å². The highest BCUT2D eigenvalue weighted by Gasteiger charge is 2.19. The smallest absolute Gasteiger partial charge is 0.139 e. The topological polar surface area (TPSA) is 59.0 Å². The number of nitriles is 1. The molecular formula is C10H10Cl2N2O. The Kier molecular flexibility index (Phi) is 3.81. The van der Waals surface area contributed by atoms with Crippen molar-refractivity contribution in [2.45, 2.75) is 12.5 Å². The quantitative estimate of drug-likeness (QED) is 0.890. The molecule has 0 spiro atoms. The minimum absolute atomic E-state index is 0.0591. The van der Waals surface area contributed by atoms with Crippen LogP contribution in [-0.2, 0) is 0 Å². The Morgan fingerprint density at radius 3 is 2.80 bits per heavy atom. The van der Waals surface area contributed by atoms with Crippen LogP contribution in [0.5, 0.6) is 5.75 Å². The molecular weight excluding hydrogens is 235 g/mol. The Bertz CT molecular complexity index is 399. The number of ether oxygens (including phenoxy) is 1. The van der Waals surface area contributed by atoms with E-state index in [9.17, 15) is 0 Å². The number of rotatable bonds is 3. The van der Waals surface area contributed by atoms with E-state index in [2.05, 4.69) is 0 Å². The van der Waals surface area contributed by atoms with Crippen molar-refractivity contribution >= 4 is 23.2 Å². The highest BCUT2D eigenvalue weighted by atomic mass is 35.5. The molecule has 3 nitrogen and oxygen atoms in total. The second-order valence-electron chi connectivity index (χ2n) is 3.37. The molecule has 0 radical (unpaired) electrons. The minimum Gasteiger partial charge on any atom is -0.489 e. The Morgan fingerprint density at radius 2 is 2.20 bits per heavy atom. The summed E-state index contributed by atoms with van der Waals surface area (Å²) in [5, 5.41) is 9.42. The molecule has 80 valence electrons. The number of nitrogens with zero attached hydrogens (tertiary/aromatic N) is 1. The second kappa shape index (κ2) is 4.71. The predicted molar refractivity (Wildman–Crippen MR) is 60.2 cm³/mol. The van der Waals surface area contributed by atoms with E-state index in [4.69, 9.17) is 38.9 Å². The first-order chi connectivity index (χ1) is 6.96. The first-order valence-electron chi connectivity index (χ1n) is 4.23. The Balaban J connectivity index is 2.75. The van der Waals surface area contributed by atoms with Gasteiger partial charge < -0.3 is 10.5 Å². The molecule has 0 saturated carbocycles. The lowest BCUT2D eigenvalue weighted by molar-refractivity contribution is 0.265. The molecule has 0 aliphatic rings. The van der Waals surface area contributed by atoms with Crippen molar-refractivity contribution in [3.63, 3.8) is 0 Å². The van der Waals surface area contributed by atoms with Crippen LogP contribution in [0.3, 0.4) is 0 Å². The minimum atomic E-state index is -1.04. The van der Waals surface area contributed by atoms with Gasteiger partial charge in [0, 0.05) is 0 Å². The zero-order valence-corrected chi connectivity index (χ0v) is 9.64. The maximum Gasteiger partial charge on any atom is 0.139 e. The summed E-state index contributed by atoms with van der Waals surface area (Å²) in [6.07, 6.45) is 0. The molecule has 2 N–H and O–H groups in total. The van der Waals surface area contributed by atoms with Crippen LogP contribution in [0.15, 0.2) is 18.2 Å². The van der Waals surface area contributed by atoms with Gasteiger partial charge in [0.05, 0.1) is 11.1 Å². The zero-order valence-electron chi connectivity index (χ0n) is 8.13. The third-order valence-electron chi connectivity index (χ3n) is 1.70. The standard InChI is InChI=1S/C10H10Cl2N2O/c1-10(14,5-13)6-15-8-4-2-3-7(11)9(8)12/h2-4H,6,14H2,1H3. The van der Waals surface area contributed by atoms with Crippen LogP contribution in [0.1, 0.15) is 6.92 Å². The van der Waals surface area contributed by atoms with Crippen LogP contribution in [0.4, 0.5) is 0 Å². The van der Waals surface area contributed by atoms with Crippen LogP contribution < -0.4 is 10.5 Å². The largest absolute Gasteiger partial charge is 0.489 e. The first-order valence-corrected chi connectivity index (χ1v) is 4.99. The molecule has 1 aromatic rings. The van der Waals surface area contributed by atoms with E-state index in [1.54, 1.807) is 25.1 Å². The molecule has 15 heavy (non-hydrogen) atoms. The molecule has 0 saturated heterocycles. The number of hydrogen-bond acceptors (Lipinski definition) is 3. The third kappa shape index (κ3) is 3.28. The summed E-state index contributed by atoms with van der Waals surface area (Å²) in [7, 11) is 0. The second-order valence-corrected chi connectivity index (χ2v) is 4.16. The van der Waals surface area contributed by atoms with Crippen molar-refractivity contribution in [1.29, 1.82) is 5.26 Å². The van der Waals surface area contributed by atoms with Crippen LogP contribution in [0.2, 0.25) is 10.0 Å². The summed E-state index contributed by atoms with van der Waals surface area (Å²) in [6.45, 7) is 1.63. The third-order valence-corrected chi connectivity index (χ3v) is 2.50. The molecule has 0 aliphatic carbocycles. The van der Waals surface area contributed by atoms with Gasteiger partial charge in [-0.1, -0.05) is 29.3 Å². The van der Waals surface area contributed by atoms with Crippen molar-refractivity contribution < 1.29 is 4.74 Å². The molecule has 1 atom stereocenters. The van der Waals surface area contributed by atoms with Crippen LogP contribution in [0.25, 0.3) is 0 Å². The van der Waals surface area contributed by atoms with Gasteiger partial charge in [-0.25, -0.2) is 0 Å². The van der Waals surface area contributed by atoms with Gasteiger partial charge in [-0.3, -0.25) is 0 Å². The summed E-state index contributed by atoms with van der Waals surface area (Å²) in [5.41, 5.74) is 4.55. The molecule has 0 heterocycles. The van der Waals surface area contributed by atoms with E-state index in [0.717, 1.165) is 0 Å². The van der Waals surface area contributed by atoms with Crippen LogP contribution in [0, 0.1) is 11.3 Å². The van der Waals surface area contributed by atoms with Gasteiger partial charge in [-0.05, 0) is 19.1 Å². The van der Waals surface area contributed by atoms with Gasteiger partial charge in [-0.2, -0.15) is 5.26 Å². The number of hydrogen-bond donors (Lipinski definition) is 1. The van der Waals surface area contributed by atoms with Crippen molar-refractivity contribution in [3.05, 3.63) is 28.2 Å². The summed E-state index contributed by atoms with van der Waals surface area (Å²) in [5.74, 6) is 0.427. The Morgan fingerprint density at radius 1 is 1.53 bits per heavy atom. The number of benzene rings is 1. The van der Waals surface area contributed by atoms with Crippen molar-refractivity contribution in [3.8, 4) is 11.8 Å². The summed E-state index contributed by atoms with van der Waals surface area (Å²) < 4.78 is 5.31. The zero-order chi connectivity index (χ0) is 11.5. The first kappa shape index (κ1) is 12.1. The summed E-state index contributed by atoms with van der Waals surface area (Å²) in [4.78, 5) is 0. The van der Waals surface area contributed by atoms with Crippen LogP contribution in [-0.4, -0.2) is 12.1 Å². The van der Waals surface area contributed by atoms with Gasteiger partial charge in [-0.15, -0.1) is 0 Å². The lowest BCUT2D eigenvalue weighted by atomic mass is 10.1. The SMILES string of the molecule is CC(N)(C#N)COc1cccc(Cl)c1Cl. The fraction of sp³-hybridized carbons (Fsp3) is 0.300. The average Bonchev–Trinajstić information content (AvgIpc) is 2.20. The summed E-state index contributed by atoms with van der Waals surface area (Å²) >= 11 is 11.7. The van der Waals surface area contributed by atoms with Gasteiger partial charge in [0.15, 0.2) is 0 Å². The predicted octanol–water partition coefficient (Wildman–Crippen LogP) is 2.61. The van der Waals surface area contributed by atoms with E-state index in [0.29, 0.717) is 15.8 Å². The van der Waals surface area contributed by atoms with Gasteiger partial charge in [0.1, 0.15) is 22.9 Å². The number of halogens is 2. The molecule has 1 aromatic carbocycles. The van der Waals surface area contributed by atoms with E-state index >= 15 is 0 Å². The van der Waals surface area contributed by atoms with Gasteiger partial charge >= 0.3 is 0 Å². The van der Waals surface area contributed by atoms with Crippen molar-refractivity contribution in [2.75, 3.05) is 6.61 Å². The maximum atomic E-state index is 8.68.